The van der Waals surface area contributed by atoms with Crippen molar-refractivity contribution < 1.29 is 9.53 Å². The van der Waals surface area contributed by atoms with Crippen LogP contribution in [0.15, 0.2) is 36.7 Å². The molecule has 2 aromatic rings. The summed E-state index contributed by atoms with van der Waals surface area (Å²) < 4.78 is 4.89. The van der Waals surface area contributed by atoms with E-state index in [1.807, 2.05) is 38.1 Å². The highest BCUT2D eigenvalue weighted by molar-refractivity contribution is 5.90. The molecule has 1 N–H and O–H groups in total. The van der Waals surface area contributed by atoms with Crippen LogP contribution < -0.4 is 5.32 Å². The standard InChI is InChI=1S/C15H18N2O2/c1-10(2)17-14(15(18)19-3)13-9-16-8-11-6-4-5-7-12(11)13/h4-10,14,17H,1-3H3. The van der Waals surface area contributed by atoms with Crippen molar-refractivity contribution in [3.63, 3.8) is 0 Å². The van der Waals surface area contributed by atoms with Crippen molar-refractivity contribution in [2.24, 2.45) is 0 Å². The van der Waals surface area contributed by atoms with Gasteiger partial charge in [0.2, 0.25) is 0 Å². The van der Waals surface area contributed by atoms with Crippen LogP contribution in [0, 0.1) is 0 Å². The van der Waals surface area contributed by atoms with E-state index in [0.717, 1.165) is 16.3 Å². The van der Waals surface area contributed by atoms with E-state index in [9.17, 15) is 4.79 Å². The van der Waals surface area contributed by atoms with E-state index in [4.69, 9.17) is 4.74 Å². The van der Waals surface area contributed by atoms with Crippen molar-refractivity contribution >= 4 is 16.7 Å². The Hall–Kier alpha value is -1.94. The van der Waals surface area contributed by atoms with Crippen LogP contribution in [0.1, 0.15) is 25.5 Å². The molecule has 1 unspecified atom stereocenters. The van der Waals surface area contributed by atoms with Crippen LogP contribution in [0.3, 0.4) is 0 Å². The van der Waals surface area contributed by atoms with Gasteiger partial charge < -0.3 is 4.74 Å². The molecule has 0 bridgehead atoms. The molecule has 0 spiro atoms. The molecule has 4 heteroatoms. The lowest BCUT2D eigenvalue weighted by atomic mass is 10.0. The predicted molar refractivity (Wildman–Crippen MR) is 74.8 cm³/mol. The van der Waals surface area contributed by atoms with Crippen molar-refractivity contribution in [2.75, 3.05) is 7.11 Å². The number of hydrogen-bond donors (Lipinski definition) is 1. The summed E-state index contributed by atoms with van der Waals surface area (Å²) in [5, 5.41) is 5.25. The first-order chi connectivity index (χ1) is 9.13. The molecule has 1 aromatic carbocycles. The van der Waals surface area contributed by atoms with Crippen LogP contribution in [-0.4, -0.2) is 24.1 Å². The van der Waals surface area contributed by atoms with Gasteiger partial charge in [-0.05, 0) is 19.2 Å². The van der Waals surface area contributed by atoms with Gasteiger partial charge in [-0.25, -0.2) is 4.79 Å². The fourth-order valence-electron chi connectivity index (χ4n) is 2.11. The first-order valence-electron chi connectivity index (χ1n) is 6.30. The van der Waals surface area contributed by atoms with Gasteiger partial charge in [-0.1, -0.05) is 24.3 Å². The highest BCUT2D eigenvalue weighted by atomic mass is 16.5. The number of carbonyl (C=O) groups is 1. The second-order valence-electron chi connectivity index (χ2n) is 4.73. The van der Waals surface area contributed by atoms with Crippen molar-refractivity contribution in [2.45, 2.75) is 25.9 Å². The van der Waals surface area contributed by atoms with Gasteiger partial charge >= 0.3 is 5.97 Å². The van der Waals surface area contributed by atoms with Crippen molar-refractivity contribution in [3.05, 3.63) is 42.2 Å². The zero-order valence-corrected chi connectivity index (χ0v) is 11.4. The number of ether oxygens (including phenoxy) is 1. The molecule has 0 aliphatic rings. The van der Waals surface area contributed by atoms with E-state index in [1.54, 1.807) is 12.4 Å². The molecule has 0 saturated carbocycles. The van der Waals surface area contributed by atoms with Crippen molar-refractivity contribution in [3.8, 4) is 0 Å². The van der Waals surface area contributed by atoms with E-state index < -0.39 is 6.04 Å². The van der Waals surface area contributed by atoms with Gasteiger partial charge in [-0.2, -0.15) is 0 Å². The molecule has 0 aliphatic carbocycles. The molecule has 0 radical (unpaired) electrons. The third-order valence-electron chi connectivity index (χ3n) is 2.95. The lowest BCUT2D eigenvalue weighted by molar-refractivity contribution is -0.143. The number of hydrogen-bond acceptors (Lipinski definition) is 4. The summed E-state index contributed by atoms with van der Waals surface area (Å²) in [6.07, 6.45) is 3.52. The number of carbonyl (C=O) groups excluding carboxylic acids is 1. The Kier molecular flexibility index (Phi) is 4.12. The van der Waals surface area contributed by atoms with Gasteiger partial charge in [0, 0.05) is 29.4 Å². The molecule has 0 aliphatic heterocycles. The van der Waals surface area contributed by atoms with Crippen molar-refractivity contribution in [1.82, 2.24) is 10.3 Å². The summed E-state index contributed by atoms with van der Waals surface area (Å²) in [6, 6.07) is 7.55. The normalized spacial score (nSPS) is 12.6. The average Bonchev–Trinajstić information content (AvgIpc) is 2.43. The zero-order valence-electron chi connectivity index (χ0n) is 11.4. The number of pyridine rings is 1. The summed E-state index contributed by atoms with van der Waals surface area (Å²) in [6.45, 7) is 3.99. The van der Waals surface area contributed by atoms with E-state index >= 15 is 0 Å². The molecule has 1 heterocycles. The molecule has 0 saturated heterocycles. The van der Waals surface area contributed by atoms with Gasteiger partial charge in [-0.3, -0.25) is 10.3 Å². The maximum Gasteiger partial charge on any atom is 0.327 e. The molecular formula is C15H18N2O2. The van der Waals surface area contributed by atoms with Crippen LogP contribution in [0.4, 0.5) is 0 Å². The van der Waals surface area contributed by atoms with Gasteiger partial charge in [0.05, 0.1) is 7.11 Å². The first-order valence-corrected chi connectivity index (χ1v) is 6.30. The molecule has 1 aromatic heterocycles. The number of methoxy groups -OCH3 is 1. The number of nitrogens with one attached hydrogen (secondary N) is 1. The van der Waals surface area contributed by atoms with E-state index in [1.165, 1.54) is 7.11 Å². The fourth-order valence-corrected chi connectivity index (χ4v) is 2.11. The summed E-state index contributed by atoms with van der Waals surface area (Å²) >= 11 is 0. The lowest BCUT2D eigenvalue weighted by Gasteiger charge is -2.20. The zero-order chi connectivity index (χ0) is 13.8. The molecule has 0 amide bonds. The van der Waals surface area contributed by atoms with Crippen molar-refractivity contribution in [1.29, 1.82) is 0 Å². The number of benzene rings is 1. The van der Waals surface area contributed by atoms with Gasteiger partial charge in [0.1, 0.15) is 6.04 Å². The second-order valence-corrected chi connectivity index (χ2v) is 4.73. The number of fused-ring (bicyclic) bond motifs is 1. The molecular weight excluding hydrogens is 240 g/mol. The number of aromatic nitrogens is 1. The Morgan fingerprint density at radius 3 is 2.68 bits per heavy atom. The van der Waals surface area contributed by atoms with Crippen LogP contribution in [0.5, 0.6) is 0 Å². The third-order valence-corrected chi connectivity index (χ3v) is 2.95. The van der Waals surface area contributed by atoms with E-state index in [2.05, 4.69) is 10.3 Å². The average molecular weight is 258 g/mol. The maximum atomic E-state index is 12.0. The molecule has 19 heavy (non-hydrogen) atoms. The molecule has 0 fully saturated rings. The SMILES string of the molecule is COC(=O)C(NC(C)C)c1cncc2ccccc12. The molecule has 2 rings (SSSR count). The Labute approximate surface area is 112 Å². The third kappa shape index (κ3) is 2.90. The number of nitrogens with zero attached hydrogens (tertiary/aromatic N) is 1. The molecule has 100 valence electrons. The summed E-state index contributed by atoms with van der Waals surface area (Å²) in [5.41, 5.74) is 0.846. The van der Waals surface area contributed by atoms with Crippen LogP contribution in [0.2, 0.25) is 0 Å². The number of rotatable bonds is 4. The van der Waals surface area contributed by atoms with E-state index in [0.29, 0.717) is 0 Å². The first kappa shape index (κ1) is 13.5. The Balaban J connectivity index is 2.52. The predicted octanol–water partition coefficient (Wildman–Crippen LogP) is 2.45. The lowest BCUT2D eigenvalue weighted by Crippen LogP contribution is -2.34. The minimum Gasteiger partial charge on any atom is -0.468 e. The second kappa shape index (κ2) is 5.80. The fraction of sp³-hybridized carbons (Fsp3) is 0.333. The summed E-state index contributed by atoms with van der Waals surface area (Å²) in [5.74, 6) is -0.299. The smallest absolute Gasteiger partial charge is 0.327 e. The van der Waals surface area contributed by atoms with Crippen LogP contribution in [-0.2, 0) is 9.53 Å². The summed E-state index contributed by atoms with van der Waals surface area (Å²) in [7, 11) is 1.40. The molecule has 4 nitrogen and oxygen atoms in total. The molecule has 1 atom stereocenters. The van der Waals surface area contributed by atoms with Gasteiger partial charge in [0.15, 0.2) is 0 Å². The minimum atomic E-state index is -0.497. The maximum absolute atomic E-state index is 12.0. The summed E-state index contributed by atoms with van der Waals surface area (Å²) in [4.78, 5) is 16.2. The van der Waals surface area contributed by atoms with E-state index in [-0.39, 0.29) is 12.0 Å². The highest BCUT2D eigenvalue weighted by Crippen LogP contribution is 2.24. The van der Waals surface area contributed by atoms with Crippen LogP contribution in [0.25, 0.3) is 10.8 Å². The highest BCUT2D eigenvalue weighted by Gasteiger charge is 2.24. The number of esters is 1. The van der Waals surface area contributed by atoms with Crippen LogP contribution >= 0.6 is 0 Å². The minimum absolute atomic E-state index is 0.170. The topological polar surface area (TPSA) is 51.2 Å². The monoisotopic (exact) mass is 258 g/mol. The Morgan fingerprint density at radius 2 is 2.00 bits per heavy atom. The van der Waals surface area contributed by atoms with Gasteiger partial charge in [0.25, 0.3) is 0 Å². The quantitative estimate of drug-likeness (QED) is 0.856. The van der Waals surface area contributed by atoms with Gasteiger partial charge in [-0.15, -0.1) is 0 Å². The Bertz CT molecular complexity index is 576. The Morgan fingerprint density at radius 1 is 1.26 bits per heavy atom. The largest absolute Gasteiger partial charge is 0.468 e.